The number of halogens is 1. The Morgan fingerprint density at radius 2 is 1.65 bits per heavy atom. The van der Waals surface area contributed by atoms with E-state index in [2.05, 4.69) is 5.32 Å². The van der Waals surface area contributed by atoms with Crippen LogP contribution in [0.1, 0.15) is 55.3 Å². The lowest BCUT2D eigenvalue weighted by Crippen LogP contribution is -2.35. The molecule has 3 aromatic carbocycles. The molecule has 1 N–H and O–H groups in total. The van der Waals surface area contributed by atoms with E-state index in [1.165, 1.54) is 12.1 Å². The van der Waals surface area contributed by atoms with E-state index >= 15 is 0 Å². The van der Waals surface area contributed by atoms with Crippen molar-refractivity contribution in [3.05, 3.63) is 101 Å². The third kappa shape index (κ3) is 6.10. The van der Waals surface area contributed by atoms with Crippen LogP contribution in [-0.4, -0.2) is 11.8 Å². The highest BCUT2D eigenvalue weighted by Crippen LogP contribution is 2.30. The third-order valence-corrected chi connectivity index (χ3v) is 6.49. The molecule has 1 fully saturated rings. The molecule has 4 nitrogen and oxygen atoms in total. The molecular weight excluding hydrogens is 427 g/mol. The molecule has 1 aliphatic carbocycles. The van der Waals surface area contributed by atoms with Crippen LogP contribution in [0.2, 0.25) is 0 Å². The van der Waals surface area contributed by atoms with Crippen LogP contribution in [0, 0.1) is 11.7 Å². The van der Waals surface area contributed by atoms with Gasteiger partial charge in [-0.25, -0.2) is 4.39 Å². The van der Waals surface area contributed by atoms with Gasteiger partial charge in [0.05, 0.1) is 19.0 Å². The van der Waals surface area contributed by atoms with E-state index in [1.54, 1.807) is 11.0 Å². The average molecular weight is 459 g/mol. The zero-order valence-electron chi connectivity index (χ0n) is 19.5. The van der Waals surface area contributed by atoms with Gasteiger partial charge in [-0.2, -0.15) is 0 Å². The summed E-state index contributed by atoms with van der Waals surface area (Å²) in [6.45, 7) is 2.29. The Hall–Kier alpha value is -3.47. The van der Waals surface area contributed by atoms with Gasteiger partial charge in [0.25, 0.3) is 0 Å². The minimum atomic E-state index is -0.308. The first-order valence-electron chi connectivity index (χ1n) is 12.0. The number of anilines is 1. The molecule has 1 atom stereocenters. The van der Waals surface area contributed by atoms with Crippen LogP contribution in [0.5, 0.6) is 0 Å². The molecule has 1 aliphatic rings. The number of hydrogen-bond acceptors (Lipinski definition) is 2. The first-order chi connectivity index (χ1) is 16.5. The first-order valence-corrected chi connectivity index (χ1v) is 12.0. The Bertz CT molecular complexity index is 1110. The van der Waals surface area contributed by atoms with Crippen LogP contribution in [0.4, 0.5) is 10.1 Å². The van der Waals surface area contributed by atoms with Gasteiger partial charge in [0, 0.05) is 11.6 Å². The number of benzene rings is 3. The molecule has 0 aromatic heterocycles. The molecule has 2 amide bonds. The fraction of sp³-hybridized carbons (Fsp3) is 0.310. The van der Waals surface area contributed by atoms with Gasteiger partial charge in [0.2, 0.25) is 11.8 Å². The Balaban J connectivity index is 1.45. The summed E-state index contributed by atoms with van der Waals surface area (Å²) in [5.74, 6) is -0.262. The van der Waals surface area contributed by atoms with Crippen molar-refractivity contribution in [2.45, 2.75) is 51.6 Å². The summed E-state index contributed by atoms with van der Waals surface area (Å²) in [7, 11) is 0. The molecule has 5 heteroatoms. The zero-order valence-corrected chi connectivity index (χ0v) is 19.5. The van der Waals surface area contributed by atoms with E-state index < -0.39 is 0 Å². The van der Waals surface area contributed by atoms with E-state index in [1.807, 2.05) is 67.6 Å². The molecule has 0 bridgehead atoms. The van der Waals surface area contributed by atoms with Crippen molar-refractivity contribution >= 4 is 17.5 Å². The topological polar surface area (TPSA) is 49.4 Å². The number of amides is 2. The van der Waals surface area contributed by atoms with Crippen LogP contribution in [0.25, 0.3) is 0 Å². The lowest BCUT2D eigenvalue weighted by molar-refractivity contribution is -0.122. The van der Waals surface area contributed by atoms with Gasteiger partial charge in [-0.1, -0.05) is 67.4 Å². The monoisotopic (exact) mass is 458 g/mol. The van der Waals surface area contributed by atoms with Gasteiger partial charge >= 0.3 is 0 Å². The summed E-state index contributed by atoms with van der Waals surface area (Å²) in [5, 5.41) is 3.04. The summed E-state index contributed by atoms with van der Waals surface area (Å²) in [6, 6.07) is 23.7. The molecule has 4 rings (SSSR count). The lowest BCUT2D eigenvalue weighted by Gasteiger charge is -2.26. The molecule has 1 saturated carbocycles. The highest BCUT2D eigenvalue weighted by atomic mass is 19.1. The SMILES string of the molecule is C[C@@H](NC(=O)Cc1ccc(N(Cc2cccc(F)c2)C(=O)C2CCCC2)cc1)c1ccccc1. The Labute approximate surface area is 200 Å². The Morgan fingerprint density at radius 3 is 2.32 bits per heavy atom. The molecule has 0 saturated heterocycles. The van der Waals surface area contributed by atoms with Gasteiger partial charge in [-0.3, -0.25) is 9.59 Å². The van der Waals surface area contributed by atoms with E-state index in [4.69, 9.17) is 0 Å². The molecule has 0 spiro atoms. The number of rotatable bonds is 8. The molecule has 0 radical (unpaired) electrons. The molecule has 176 valence electrons. The second-order valence-corrected chi connectivity index (χ2v) is 9.08. The van der Waals surface area contributed by atoms with E-state index in [0.29, 0.717) is 6.54 Å². The predicted octanol–water partition coefficient (Wildman–Crippen LogP) is 5.97. The lowest BCUT2D eigenvalue weighted by atomic mass is 10.0. The molecule has 0 unspecified atom stereocenters. The quantitative estimate of drug-likeness (QED) is 0.452. The van der Waals surface area contributed by atoms with Crippen LogP contribution in [0.3, 0.4) is 0 Å². The van der Waals surface area contributed by atoms with Gasteiger partial charge in [0.15, 0.2) is 0 Å². The van der Waals surface area contributed by atoms with Crippen molar-refractivity contribution in [3.8, 4) is 0 Å². The maximum atomic E-state index is 13.8. The summed E-state index contributed by atoms with van der Waals surface area (Å²) < 4.78 is 13.8. The van der Waals surface area contributed by atoms with E-state index in [0.717, 1.165) is 48.1 Å². The summed E-state index contributed by atoms with van der Waals surface area (Å²) in [5.41, 5.74) is 3.46. The minimum Gasteiger partial charge on any atom is -0.349 e. The first kappa shape index (κ1) is 23.7. The smallest absolute Gasteiger partial charge is 0.230 e. The van der Waals surface area contributed by atoms with Crippen molar-refractivity contribution < 1.29 is 14.0 Å². The second kappa shape index (κ2) is 11.1. The van der Waals surface area contributed by atoms with Crippen LogP contribution >= 0.6 is 0 Å². The normalized spacial score (nSPS) is 14.5. The van der Waals surface area contributed by atoms with Crippen molar-refractivity contribution in [2.75, 3.05) is 4.90 Å². The number of nitrogens with zero attached hydrogens (tertiary/aromatic N) is 1. The maximum absolute atomic E-state index is 13.8. The largest absolute Gasteiger partial charge is 0.349 e. The zero-order chi connectivity index (χ0) is 23.9. The van der Waals surface area contributed by atoms with E-state index in [9.17, 15) is 14.0 Å². The summed E-state index contributed by atoms with van der Waals surface area (Å²) >= 11 is 0. The van der Waals surface area contributed by atoms with Crippen molar-refractivity contribution in [2.24, 2.45) is 5.92 Å². The van der Waals surface area contributed by atoms with E-state index in [-0.39, 0.29) is 36.0 Å². The number of carbonyl (C=O) groups excluding carboxylic acids is 2. The number of nitrogens with one attached hydrogen (secondary N) is 1. The third-order valence-electron chi connectivity index (χ3n) is 6.49. The second-order valence-electron chi connectivity index (χ2n) is 9.08. The molecule has 0 heterocycles. The maximum Gasteiger partial charge on any atom is 0.230 e. The highest BCUT2D eigenvalue weighted by Gasteiger charge is 2.28. The summed E-state index contributed by atoms with van der Waals surface area (Å²) in [6.07, 6.45) is 4.20. The van der Waals surface area contributed by atoms with Gasteiger partial charge < -0.3 is 10.2 Å². The van der Waals surface area contributed by atoms with Crippen LogP contribution in [0.15, 0.2) is 78.9 Å². The number of hydrogen-bond donors (Lipinski definition) is 1. The molecule has 0 aliphatic heterocycles. The van der Waals surface area contributed by atoms with Crippen LogP contribution in [-0.2, 0) is 22.6 Å². The molecule has 34 heavy (non-hydrogen) atoms. The number of carbonyl (C=O) groups is 2. The molecule has 3 aromatic rings. The average Bonchev–Trinajstić information content (AvgIpc) is 3.38. The molecular formula is C29H31FN2O2. The fourth-order valence-corrected chi connectivity index (χ4v) is 4.60. The van der Waals surface area contributed by atoms with Crippen molar-refractivity contribution in [1.82, 2.24) is 5.32 Å². The van der Waals surface area contributed by atoms with Crippen molar-refractivity contribution in [3.63, 3.8) is 0 Å². The Kier molecular flexibility index (Phi) is 7.73. The fourth-order valence-electron chi connectivity index (χ4n) is 4.60. The standard InChI is InChI=1S/C29H31FN2O2/c1-21(24-9-3-2-4-10-24)31-28(33)19-22-14-16-27(17-15-22)32(29(34)25-11-5-6-12-25)20-23-8-7-13-26(30)18-23/h2-4,7-10,13-18,21,25H,5-6,11-12,19-20H2,1H3,(H,31,33)/t21-/m1/s1. The summed E-state index contributed by atoms with van der Waals surface area (Å²) in [4.78, 5) is 27.6. The van der Waals surface area contributed by atoms with Crippen LogP contribution < -0.4 is 10.2 Å². The minimum absolute atomic E-state index is 0.0125. The van der Waals surface area contributed by atoms with Gasteiger partial charge in [-0.15, -0.1) is 0 Å². The van der Waals surface area contributed by atoms with Gasteiger partial charge in [0.1, 0.15) is 5.82 Å². The highest BCUT2D eigenvalue weighted by molar-refractivity contribution is 5.95. The van der Waals surface area contributed by atoms with Crippen molar-refractivity contribution in [1.29, 1.82) is 0 Å². The van der Waals surface area contributed by atoms with Gasteiger partial charge in [-0.05, 0) is 60.7 Å². The Morgan fingerprint density at radius 1 is 0.941 bits per heavy atom. The predicted molar refractivity (Wildman–Crippen MR) is 133 cm³/mol.